The van der Waals surface area contributed by atoms with Crippen LogP contribution in [0.2, 0.25) is 0 Å². The molecule has 2 atom stereocenters. The molecule has 1 aromatic rings. The van der Waals surface area contributed by atoms with Gasteiger partial charge < -0.3 is 10.6 Å². The van der Waals surface area contributed by atoms with Crippen LogP contribution in [0.4, 0.5) is 5.69 Å². The average Bonchev–Trinajstić information content (AvgIpc) is 2.30. The highest BCUT2D eigenvalue weighted by atomic mass is 32.2. The molecular formula is C12H18N2OS2. The van der Waals surface area contributed by atoms with Gasteiger partial charge in [-0.15, -0.1) is 0 Å². The van der Waals surface area contributed by atoms with E-state index in [2.05, 4.69) is 10.6 Å². The summed E-state index contributed by atoms with van der Waals surface area (Å²) in [5.41, 5.74) is 0.970. The zero-order chi connectivity index (χ0) is 12.7. The Morgan fingerprint density at radius 1 is 1.41 bits per heavy atom. The zero-order valence-corrected chi connectivity index (χ0v) is 11.7. The van der Waals surface area contributed by atoms with Crippen molar-refractivity contribution in [2.24, 2.45) is 0 Å². The number of hydrogen-bond acceptors (Lipinski definition) is 2. The summed E-state index contributed by atoms with van der Waals surface area (Å²) in [5, 5.41) is 6.99. The number of anilines is 1. The molecule has 1 aromatic carbocycles. The van der Waals surface area contributed by atoms with Crippen LogP contribution >= 0.6 is 12.2 Å². The number of benzene rings is 1. The molecule has 0 radical (unpaired) electrons. The fraction of sp³-hybridized carbons (Fsp3) is 0.417. The van der Waals surface area contributed by atoms with E-state index in [9.17, 15) is 4.21 Å². The Morgan fingerprint density at radius 2 is 2.06 bits per heavy atom. The third-order valence-corrected chi connectivity index (χ3v) is 4.05. The van der Waals surface area contributed by atoms with Crippen LogP contribution in [0, 0.1) is 0 Å². The molecule has 3 nitrogen and oxygen atoms in total. The van der Waals surface area contributed by atoms with E-state index in [4.69, 9.17) is 12.2 Å². The maximum absolute atomic E-state index is 11.1. The molecule has 0 aromatic heterocycles. The van der Waals surface area contributed by atoms with Crippen molar-refractivity contribution in [2.75, 3.05) is 18.1 Å². The zero-order valence-electron chi connectivity index (χ0n) is 10.1. The van der Waals surface area contributed by atoms with Gasteiger partial charge in [0.15, 0.2) is 5.11 Å². The first kappa shape index (κ1) is 14.1. The summed E-state index contributed by atoms with van der Waals surface area (Å²) in [4.78, 5) is 0. The summed E-state index contributed by atoms with van der Waals surface area (Å²) in [7, 11) is -0.767. The van der Waals surface area contributed by atoms with Crippen molar-refractivity contribution in [2.45, 2.75) is 18.6 Å². The van der Waals surface area contributed by atoms with Gasteiger partial charge in [-0.25, -0.2) is 0 Å². The van der Waals surface area contributed by atoms with Crippen molar-refractivity contribution in [3.63, 3.8) is 0 Å². The molecule has 1 rings (SSSR count). The maximum Gasteiger partial charge on any atom is 0.170 e. The molecule has 17 heavy (non-hydrogen) atoms. The molecule has 94 valence electrons. The normalized spacial score (nSPS) is 13.8. The van der Waals surface area contributed by atoms with E-state index in [1.54, 1.807) is 6.26 Å². The lowest BCUT2D eigenvalue weighted by molar-refractivity contribution is 0.666. The van der Waals surface area contributed by atoms with Gasteiger partial charge in [-0.1, -0.05) is 25.1 Å². The first-order valence-corrected chi connectivity index (χ1v) is 7.54. The van der Waals surface area contributed by atoms with Gasteiger partial charge in [0, 0.05) is 34.5 Å². The van der Waals surface area contributed by atoms with Crippen LogP contribution in [0.5, 0.6) is 0 Å². The molecule has 0 aliphatic rings. The van der Waals surface area contributed by atoms with Crippen molar-refractivity contribution >= 4 is 33.8 Å². The molecule has 0 amide bonds. The number of rotatable bonds is 5. The SMILES string of the molecule is CC(CCNC(=S)Nc1ccccc1)S(C)=O. The van der Waals surface area contributed by atoms with Crippen LogP contribution < -0.4 is 10.6 Å². The second-order valence-electron chi connectivity index (χ2n) is 3.84. The number of thiocarbonyl (C=S) groups is 1. The summed E-state index contributed by atoms with van der Waals surface area (Å²) in [6.07, 6.45) is 2.57. The van der Waals surface area contributed by atoms with E-state index in [0.717, 1.165) is 18.7 Å². The highest BCUT2D eigenvalue weighted by molar-refractivity contribution is 7.84. The van der Waals surface area contributed by atoms with Gasteiger partial charge in [0.1, 0.15) is 0 Å². The quantitative estimate of drug-likeness (QED) is 0.804. The maximum atomic E-state index is 11.1. The Bertz CT molecular complexity index is 381. The van der Waals surface area contributed by atoms with Crippen molar-refractivity contribution in [1.29, 1.82) is 0 Å². The van der Waals surface area contributed by atoms with Crippen molar-refractivity contribution in [3.05, 3.63) is 30.3 Å². The van der Waals surface area contributed by atoms with Crippen LogP contribution in [-0.4, -0.2) is 27.4 Å². The van der Waals surface area contributed by atoms with Crippen LogP contribution in [0.15, 0.2) is 30.3 Å². The minimum Gasteiger partial charge on any atom is -0.362 e. The molecule has 0 saturated heterocycles. The molecule has 5 heteroatoms. The molecule has 0 bridgehead atoms. The smallest absolute Gasteiger partial charge is 0.170 e. The summed E-state index contributed by atoms with van der Waals surface area (Å²) >= 11 is 5.16. The molecule has 0 heterocycles. The van der Waals surface area contributed by atoms with E-state index in [1.807, 2.05) is 37.3 Å². The Kier molecular flexibility index (Phi) is 6.15. The highest BCUT2D eigenvalue weighted by Gasteiger charge is 2.05. The molecule has 0 aliphatic heterocycles. The minimum atomic E-state index is -0.767. The van der Waals surface area contributed by atoms with Crippen molar-refractivity contribution in [3.8, 4) is 0 Å². The lowest BCUT2D eigenvalue weighted by Gasteiger charge is -2.12. The van der Waals surface area contributed by atoms with Crippen LogP contribution in [0.1, 0.15) is 13.3 Å². The lowest BCUT2D eigenvalue weighted by atomic mass is 10.3. The summed E-state index contributed by atoms with van der Waals surface area (Å²) in [6, 6.07) is 9.77. The van der Waals surface area contributed by atoms with E-state index >= 15 is 0 Å². The average molecular weight is 270 g/mol. The lowest BCUT2D eigenvalue weighted by Crippen LogP contribution is -2.31. The van der Waals surface area contributed by atoms with Crippen molar-refractivity contribution in [1.82, 2.24) is 5.32 Å². The van der Waals surface area contributed by atoms with E-state index < -0.39 is 10.8 Å². The number of hydrogen-bond donors (Lipinski definition) is 2. The van der Waals surface area contributed by atoms with Gasteiger partial charge in [0.2, 0.25) is 0 Å². The first-order chi connectivity index (χ1) is 8.09. The Balaban J connectivity index is 2.25. The van der Waals surface area contributed by atoms with Gasteiger partial charge in [0.25, 0.3) is 0 Å². The standard InChI is InChI=1S/C12H18N2OS2/c1-10(17(2)15)8-9-13-12(16)14-11-6-4-3-5-7-11/h3-7,10H,8-9H2,1-2H3,(H2,13,14,16). The minimum absolute atomic E-state index is 0.196. The van der Waals surface area contributed by atoms with Crippen LogP contribution in [0.25, 0.3) is 0 Å². The van der Waals surface area contributed by atoms with Crippen LogP contribution in [0.3, 0.4) is 0 Å². The predicted molar refractivity (Wildman–Crippen MR) is 78.8 cm³/mol. The Labute approximate surface area is 110 Å². The van der Waals surface area contributed by atoms with Gasteiger partial charge in [-0.3, -0.25) is 4.21 Å². The first-order valence-electron chi connectivity index (χ1n) is 5.51. The van der Waals surface area contributed by atoms with Gasteiger partial charge in [-0.2, -0.15) is 0 Å². The van der Waals surface area contributed by atoms with E-state index in [1.165, 1.54) is 0 Å². The molecule has 2 N–H and O–H groups in total. The predicted octanol–water partition coefficient (Wildman–Crippen LogP) is 2.13. The fourth-order valence-corrected chi connectivity index (χ4v) is 1.92. The molecule has 0 fully saturated rings. The topological polar surface area (TPSA) is 41.1 Å². The van der Waals surface area contributed by atoms with Gasteiger partial charge >= 0.3 is 0 Å². The number of para-hydroxylation sites is 1. The van der Waals surface area contributed by atoms with Crippen molar-refractivity contribution < 1.29 is 4.21 Å². The largest absolute Gasteiger partial charge is 0.362 e. The Hall–Kier alpha value is -0.940. The summed E-state index contributed by atoms with van der Waals surface area (Å²) < 4.78 is 11.1. The van der Waals surface area contributed by atoms with Gasteiger partial charge in [0.05, 0.1) is 0 Å². The molecule has 2 unspecified atom stereocenters. The molecule has 0 aliphatic carbocycles. The highest BCUT2D eigenvalue weighted by Crippen LogP contribution is 2.04. The van der Waals surface area contributed by atoms with Gasteiger partial charge in [-0.05, 0) is 30.8 Å². The monoisotopic (exact) mass is 270 g/mol. The summed E-state index contributed by atoms with van der Waals surface area (Å²) in [5.74, 6) is 0. The molecular weight excluding hydrogens is 252 g/mol. The van der Waals surface area contributed by atoms with E-state index in [-0.39, 0.29) is 5.25 Å². The summed E-state index contributed by atoms with van der Waals surface area (Å²) in [6.45, 7) is 2.71. The second kappa shape index (κ2) is 7.40. The molecule has 0 saturated carbocycles. The second-order valence-corrected chi connectivity index (χ2v) is 6.05. The third-order valence-electron chi connectivity index (χ3n) is 2.43. The van der Waals surface area contributed by atoms with E-state index in [0.29, 0.717) is 5.11 Å². The number of nitrogens with one attached hydrogen (secondary N) is 2. The molecule has 0 spiro atoms. The fourth-order valence-electron chi connectivity index (χ4n) is 1.25. The van der Waals surface area contributed by atoms with Crippen LogP contribution in [-0.2, 0) is 10.8 Å². The Morgan fingerprint density at radius 3 is 2.65 bits per heavy atom. The third kappa shape index (κ3) is 5.79.